The number of fused-ring (bicyclic) bond motifs is 4. The van der Waals surface area contributed by atoms with Crippen molar-refractivity contribution in [3.63, 3.8) is 0 Å². The topological polar surface area (TPSA) is 97.4 Å². The Morgan fingerprint density at radius 1 is 1.04 bits per heavy atom. The van der Waals surface area contributed by atoms with Gasteiger partial charge in [0.05, 0.1) is 24.2 Å². The summed E-state index contributed by atoms with van der Waals surface area (Å²) in [4.78, 5) is 18.7. The number of methoxy groups -OCH3 is 1. The molecule has 2 saturated heterocycles. The molecule has 11 heteroatoms. The van der Waals surface area contributed by atoms with Gasteiger partial charge in [0.15, 0.2) is 0 Å². The van der Waals surface area contributed by atoms with Gasteiger partial charge < -0.3 is 24.0 Å². The number of anilines is 1. The van der Waals surface area contributed by atoms with Gasteiger partial charge in [0.2, 0.25) is 10.0 Å². The van der Waals surface area contributed by atoms with E-state index in [1.165, 1.54) is 11.1 Å². The number of amides is 1. The first-order valence-electron chi connectivity index (χ1n) is 19.8. The molecule has 2 aliphatic carbocycles. The quantitative estimate of drug-likeness (QED) is 0.342. The summed E-state index contributed by atoms with van der Waals surface area (Å²) in [5, 5.41) is -0.0237. The number of piperidine rings is 1. The number of likely N-dealkylation sites (tertiary alicyclic amines) is 1. The smallest absolute Gasteiger partial charge is 0.264 e. The van der Waals surface area contributed by atoms with Crippen LogP contribution in [-0.4, -0.2) is 89.7 Å². The summed E-state index contributed by atoms with van der Waals surface area (Å²) in [5.41, 5.74) is 3.25. The maximum atomic E-state index is 13.7. The molecule has 9 nitrogen and oxygen atoms in total. The Morgan fingerprint density at radius 2 is 1.87 bits per heavy atom. The number of allylic oxidation sites excluding steroid dienone is 1. The van der Waals surface area contributed by atoms with Gasteiger partial charge in [0, 0.05) is 49.4 Å². The van der Waals surface area contributed by atoms with Gasteiger partial charge in [-0.1, -0.05) is 36.7 Å². The van der Waals surface area contributed by atoms with Crippen LogP contribution in [0.25, 0.3) is 0 Å². The number of hydrogen-bond donors (Lipinski definition) is 1. The third-order valence-electron chi connectivity index (χ3n) is 14.2. The monoisotopic (exact) mass is 765 g/mol. The van der Waals surface area contributed by atoms with Crippen LogP contribution < -0.4 is 14.4 Å². The summed E-state index contributed by atoms with van der Waals surface area (Å²) in [6.45, 7) is 10.3. The van der Waals surface area contributed by atoms with Crippen molar-refractivity contribution in [1.29, 1.82) is 0 Å². The molecule has 2 aromatic carbocycles. The summed E-state index contributed by atoms with van der Waals surface area (Å²) in [6, 6.07) is 11.7. The van der Waals surface area contributed by atoms with Crippen molar-refractivity contribution in [2.75, 3.05) is 64.6 Å². The van der Waals surface area contributed by atoms with Gasteiger partial charge in [-0.15, -0.1) is 0 Å². The number of sulfonamides is 1. The normalized spacial score (nSPS) is 34.6. The van der Waals surface area contributed by atoms with Crippen molar-refractivity contribution in [1.82, 2.24) is 9.62 Å². The van der Waals surface area contributed by atoms with E-state index in [-0.39, 0.29) is 17.3 Å². The van der Waals surface area contributed by atoms with E-state index in [1.54, 1.807) is 13.0 Å². The second kappa shape index (κ2) is 14.5. The van der Waals surface area contributed by atoms with E-state index < -0.39 is 26.8 Å². The molecule has 0 radical (unpaired) electrons. The molecular formula is C42H56ClN3O6S. The number of benzene rings is 2. The maximum absolute atomic E-state index is 13.7. The summed E-state index contributed by atoms with van der Waals surface area (Å²) >= 11 is 6.51. The third kappa shape index (κ3) is 7.05. The zero-order chi connectivity index (χ0) is 37.0. The Kier molecular flexibility index (Phi) is 10.2. The standard InChI is InChI=1S/C42H56ClN3O6S/c1-29-6-4-15-42(50-3,26-45-19-16-40(17-20-45)18-21-51-27-40)36-11-8-33(36)24-46-25-41(14-5-7-31-22-34(43)10-12-35(31)41)28-52-38-13-9-32(23-37(38)46)39(47)44-53(48,49)30(29)2/h4,9-10,12-13,15,22-23,29-30,33,36H,5-8,11,14,16-21,24-28H2,1-3H3,(H,44,47)/b15-4-/t29-,30+,33-,36+,41-,42+/m0/s1. The van der Waals surface area contributed by atoms with Gasteiger partial charge in [-0.25, -0.2) is 13.1 Å². The first-order valence-corrected chi connectivity index (χ1v) is 21.8. The zero-order valence-electron chi connectivity index (χ0n) is 31.6. The SMILES string of the molecule is CO[C@@]1(CN2CCC3(CCOC3)CC2)/C=C\C[C@H](C)[C@@H](C)S(=O)(=O)NC(=O)c2ccc3c(c2)N(C[C@@H]2CC[C@H]21)C[C@@]1(CCCc2cc(Cl)ccc21)CO3. The largest absolute Gasteiger partial charge is 0.490 e. The molecule has 0 unspecified atom stereocenters. The van der Waals surface area contributed by atoms with Crippen molar-refractivity contribution >= 4 is 33.2 Å². The predicted octanol–water partition coefficient (Wildman–Crippen LogP) is 6.77. The van der Waals surface area contributed by atoms with Crippen molar-refractivity contribution in [3.05, 3.63) is 70.3 Å². The number of carbonyl (C=O) groups excluding carboxylic acids is 1. The second-order valence-electron chi connectivity index (χ2n) is 17.3. The molecule has 3 fully saturated rings. The summed E-state index contributed by atoms with van der Waals surface area (Å²) in [7, 11) is -2.09. The Bertz CT molecular complexity index is 1840. The van der Waals surface area contributed by atoms with Crippen LogP contribution >= 0.6 is 11.6 Å². The zero-order valence-corrected chi connectivity index (χ0v) is 33.2. The molecule has 53 heavy (non-hydrogen) atoms. The maximum Gasteiger partial charge on any atom is 0.264 e. The molecule has 8 rings (SSSR count). The Hall–Kier alpha value is -2.63. The van der Waals surface area contributed by atoms with Crippen LogP contribution in [0.3, 0.4) is 0 Å². The molecule has 1 saturated carbocycles. The van der Waals surface area contributed by atoms with E-state index in [2.05, 4.69) is 38.8 Å². The highest BCUT2D eigenvalue weighted by Gasteiger charge is 2.50. The van der Waals surface area contributed by atoms with Gasteiger partial charge in [0.25, 0.3) is 5.91 Å². The number of nitrogens with one attached hydrogen (secondary N) is 1. The Balaban J connectivity index is 1.18. The molecule has 6 atom stereocenters. The van der Waals surface area contributed by atoms with Crippen molar-refractivity contribution in [2.24, 2.45) is 23.2 Å². The van der Waals surface area contributed by atoms with Crippen LogP contribution in [0.2, 0.25) is 5.02 Å². The first kappa shape index (κ1) is 37.3. The number of nitrogens with zero attached hydrogens (tertiary/aromatic N) is 2. The third-order valence-corrected chi connectivity index (χ3v) is 16.3. The highest BCUT2D eigenvalue weighted by molar-refractivity contribution is 7.90. The fraction of sp³-hybridized carbons (Fsp3) is 0.643. The molecule has 6 aliphatic rings. The van der Waals surface area contributed by atoms with Crippen molar-refractivity contribution < 1.29 is 27.4 Å². The Labute approximate surface area is 320 Å². The molecule has 0 aromatic heterocycles. The van der Waals surface area contributed by atoms with E-state index >= 15 is 0 Å². The van der Waals surface area contributed by atoms with Crippen LogP contribution in [0.15, 0.2) is 48.6 Å². The average molecular weight is 766 g/mol. The summed E-state index contributed by atoms with van der Waals surface area (Å²) in [5.74, 6) is 0.508. The van der Waals surface area contributed by atoms with Gasteiger partial charge in [0.1, 0.15) is 11.4 Å². The second-order valence-corrected chi connectivity index (χ2v) is 19.7. The lowest BCUT2D eigenvalue weighted by molar-refractivity contribution is -0.0971. The Morgan fingerprint density at radius 3 is 2.60 bits per heavy atom. The molecule has 1 N–H and O–H groups in total. The molecule has 2 bridgehead atoms. The minimum Gasteiger partial charge on any atom is -0.490 e. The fourth-order valence-corrected chi connectivity index (χ4v) is 11.9. The highest BCUT2D eigenvalue weighted by atomic mass is 35.5. The fourth-order valence-electron chi connectivity index (χ4n) is 10.4. The van der Waals surface area contributed by atoms with Crippen molar-refractivity contribution in [3.8, 4) is 5.75 Å². The molecule has 4 aliphatic heterocycles. The number of ether oxygens (including phenoxy) is 3. The van der Waals surface area contributed by atoms with Gasteiger partial charge in [-0.2, -0.15) is 0 Å². The van der Waals surface area contributed by atoms with Crippen LogP contribution in [-0.2, 0) is 31.3 Å². The molecule has 4 heterocycles. The molecule has 2 spiro atoms. The number of halogens is 1. The van der Waals surface area contributed by atoms with Crippen molar-refractivity contribution in [2.45, 2.75) is 87.9 Å². The first-order chi connectivity index (χ1) is 25.4. The van der Waals surface area contributed by atoms with Crippen LogP contribution in [0.1, 0.15) is 86.7 Å². The highest BCUT2D eigenvalue weighted by Crippen LogP contribution is 2.50. The average Bonchev–Trinajstić information content (AvgIpc) is 3.53. The number of hydrogen-bond acceptors (Lipinski definition) is 8. The summed E-state index contributed by atoms with van der Waals surface area (Å²) in [6.07, 6.45) is 13.6. The molecule has 2 aromatic rings. The number of aryl methyl sites for hydroxylation is 1. The van der Waals surface area contributed by atoms with Gasteiger partial charge in [-0.05, 0) is 142 Å². The number of rotatable bonds is 3. The van der Waals surface area contributed by atoms with E-state index in [4.69, 9.17) is 25.8 Å². The molecule has 288 valence electrons. The van der Waals surface area contributed by atoms with Crippen LogP contribution in [0, 0.1) is 23.2 Å². The lowest BCUT2D eigenvalue weighted by Crippen LogP contribution is -2.58. The lowest BCUT2D eigenvalue weighted by atomic mass is 9.63. The molecule has 1 amide bonds. The van der Waals surface area contributed by atoms with Gasteiger partial charge in [-0.3, -0.25) is 4.79 Å². The van der Waals surface area contributed by atoms with Crippen LogP contribution in [0.4, 0.5) is 5.69 Å². The lowest BCUT2D eigenvalue weighted by Gasteiger charge is -2.52. The van der Waals surface area contributed by atoms with E-state index in [9.17, 15) is 13.2 Å². The van der Waals surface area contributed by atoms with Gasteiger partial charge >= 0.3 is 0 Å². The van der Waals surface area contributed by atoms with E-state index in [0.29, 0.717) is 29.9 Å². The minimum atomic E-state index is -3.95. The van der Waals surface area contributed by atoms with E-state index in [1.807, 2.05) is 32.2 Å². The van der Waals surface area contributed by atoms with E-state index in [0.717, 1.165) is 114 Å². The van der Waals surface area contributed by atoms with Crippen LogP contribution in [0.5, 0.6) is 5.75 Å². The summed E-state index contributed by atoms with van der Waals surface area (Å²) < 4.78 is 48.9. The predicted molar refractivity (Wildman–Crippen MR) is 208 cm³/mol. The number of carbonyl (C=O) groups is 1. The molecular weight excluding hydrogens is 710 g/mol. The minimum absolute atomic E-state index is 0.214.